The Morgan fingerprint density at radius 3 is 2.50 bits per heavy atom. The van der Waals surface area contributed by atoms with Gasteiger partial charge in [-0.1, -0.05) is 0 Å². The normalized spacial score (nSPS) is 29.7. The van der Waals surface area contributed by atoms with Crippen LogP contribution in [0.15, 0.2) is 0 Å². The van der Waals surface area contributed by atoms with Crippen molar-refractivity contribution in [3.63, 3.8) is 0 Å². The van der Waals surface area contributed by atoms with Gasteiger partial charge in [-0.2, -0.15) is 5.26 Å². The zero-order chi connectivity index (χ0) is 8.81. The van der Waals surface area contributed by atoms with E-state index in [1.54, 1.807) is 0 Å². The molecular weight excluding hydrogens is 148 g/mol. The van der Waals surface area contributed by atoms with E-state index in [1.807, 2.05) is 0 Å². The number of nitriles is 1. The third-order valence-corrected chi connectivity index (χ3v) is 2.79. The minimum Gasteiger partial charge on any atom is -0.328 e. The number of hydrogen-bond acceptors (Lipinski definition) is 2. The van der Waals surface area contributed by atoms with E-state index in [-0.39, 0.29) is 0 Å². The summed E-state index contributed by atoms with van der Waals surface area (Å²) in [5.41, 5.74) is 5.80. The van der Waals surface area contributed by atoms with Crippen molar-refractivity contribution in [3.8, 4) is 6.07 Å². The summed E-state index contributed by atoms with van der Waals surface area (Å²) in [7, 11) is 0. The van der Waals surface area contributed by atoms with E-state index in [1.165, 1.54) is 32.1 Å². The maximum atomic E-state index is 8.37. The van der Waals surface area contributed by atoms with Gasteiger partial charge in [0.15, 0.2) is 0 Å². The van der Waals surface area contributed by atoms with Gasteiger partial charge in [-0.3, -0.25) is 0 Å². The molecule has 0 aromatic carbocycles. The van der Waals surface area contributed by atoms with Crippen LogP contribution in [0, 0.1) is 17.2 Å². The molecule has 0 radical (unpaired) electrons. The Morgan fingerprint density at radius 1 is 1.25 bits per heavy atom. The Kier molecular flexibility index (Phi) is 4.10. The van der Waals surface area contributed by atoms with Gasteiger partial charge >= 0.3 is 0 Å². The molecule has 68 valence electrons. The predicted octanol–water partition coefficient (Wildman–Crippen LogP) is 2.20. The second kappa shape index (κ2) is 5.16. The van der Waals surface area contributed by atoms with Crippen molar-refractivity contribution < 1.29 is 0 Å². The maximum absolute atomic E-state index is 8.37. The summed E-state index contributed by atoms with van der Waals surface area (Å²) in [6.45, 7) is 0. The summed E-state index contributed by atoms with van der Waals surface area (Å²) < 4.78 is 0. The maximum Gasteiger partial charge on any atom is 0.0621 e. The first-order chi connectivity index (χ1) is 5.83. The molecule has 1 aliphatic carbocycles. The van der Waals surface area contributed by atoms with Crippen LogP contribution in [-0.4, -0.2) is 6.04 Å². The molecule has 0 aliphatic heterocycles. The highest BCUT2D eigenvalue weighted by Crippen LogP contribution is 2.27. The first kappa shape index (κ1) is 9.54. The van der Waals surface area contributed by atoms with E-state index in [0.717, 1.165) is 18.8 Å². The second-order valence-corrected chi connectivity index (χ2v) is 3.83. The van der Waals surface area contributed by atoms with Crippen LogP contribution in [-0.2, 0) is 0 Å². The first-order valence-corrected chi connectivity index (χ1v) is 4.95. The number of nitrogens with zero attached hydrogens (tertiary/aromatic N) is 1. The van der Waals surface area contributed by atoms with Crippen LogP contribution in [0.2, 0.25) is 0 Å². The van der Waals surface area contributed by atoms with Crippen LogP contribution in [0.4, 0.5) is 0 Å². The van der Waals surface area contributed by atoms with Crippen molar-refractivity contribution in [2.75, 3.05) is 0 Å². The molecule has 2 heteroatoms. The highest BCUT2D eigenvalue weighted by Gasteiger charge is 2.17. The summed E-state index contributed by atoms with van der Waals surface area (Å²) in [5.74, 6) is 0.859. The number of rotatable bonds is 3. The van der Waals surface area contributed by atoms with Gasteiger partial charge in [-0.15, -0.1) is 0 Å². The van der Waals surface area contributed by atoms with Crippen LogP contribution in [0.5, 0.6) is 0 Å². The molecule has 0 aromatic rings. The van der Waals surface area contributed by atoms with Crippen molar-refractivity contribution in [1.82, 2.24) is 0 Å². The minimum absolute atomic E-state index is 0.456. The van der Waals surface area contributed by atoms with Gasteiger partial charge in [0.25, 0.3) is 0 Å². The molecule has 1 fully saturated rings. The molecule has 1 aliphatic rings. The predicted molar refractivity (Wildman–Crippen MR) is 49.4 cm³/mol. The standard InChI is InChI=1S/C10H18N2/c11-8-2-1-3-9-4-6-10(12)7-5-9/h9-10H,1-7,12H2. The van der Waals surface area contributed by atoms with Gasteiger partial charge in [-0.25, -0.2) is 0 Å². The van der Waals surface area contributed by atoms with E-state index in [0.29, 0.717) is 6.04 Å². The first-order valence-electron chi connectivity index (χ1n) is 4.95. The smallest absolute Gasteiger partial charge is 0.0621 e. The average Bonchev–Trinajstić information content (AvgIpc) is 2.09. The van der Waals surface area contributed by atoms with E-state index in [4.69, 9.17) is 11.0 Å². The molecule has 0 unspecified atom stereocenters. The van der Waals surface area contributed by atoms with Gasteiger partial charge in [0, 0.05) is 12.5 Å². The van der Waals surface area contributed by atoms with Crippen molar-refractivity contribution in [2.45, 2.75) is 51.0 Å². The summed E-state index contributed by atoms with van der Waals surface area (Å²) in [6, 6.07) is 2.65. The second-order valence-electron chi connectivity index (χ2n) is 3.83. The molecule has 12 heavy (non-hydrogen) atoms. The van der Waals surface area contributed by atoms with Crippen LogP contribution >= 0.6 is 0 Å². The Hall–Kier alpha value is -0.550. The fourth-order valence-electron chi connectivity index (χ4n) is 1.95. The van der Waals surface area contributed by atoms with Gasteiger partial charge in [0.05, 0.1) is 6.07 Å². The lowest BCUT2D eigenvalue weighted by molar-refractivity contribution is 0.306. The van der Waals surface area contributed by atoms with Crippen LogP contribution in [0.1, 0.15) is 44.9 Å². The Bertz CT molecular complexity index is 152. The molecule has 0 saturated heterocycles. The molecule has 0 heterocycles. The van der Waals surface area contributed by atoms with Crippen molar-refractivity contribution in [1.29, 1.82) is 5.26 Å². The van der Waals surface area contributed by atoms with E-state index in [9.17, 15) is 0 Å². The summed E-state index contributed by atoms with van der Waals surface area (Å²) >= 11 is 0. The average molecular weight is 166 g/mol. The van der Waals surface area contributed by atoms with E-state index < -0.39 is 0 Å². The largest absolute Gasteiger partial charge is 0.328 e. The molecule has 0 bridgehead atoms. The van der Waals surface area contributed by atoms with Crippen LogP contribution in [0.3, 0.4) is 0 Å². The fraction of sp³-hybridized carbons (Fsp3) is 0.900. The summed E-state index contributed by atoms with van der Waals surface area (Å²) in [5, 5.41) is 8.37. The minimum atomic E-state index is 0.456. The highest BCUT2D eigenvalue weighted by atomic mass is 14.6. The molecular formula is C10H18N2. The van der Waals surface area contributed by atoms with E-state index in [2.05, 4.69) is 6.07 Å². The molecule has 1 saturated carbocycles. The van der Waals surface area contributed by atoms with Crippen LogP contribution < -0.4 is 5.73 Å². The van der Waals surface area contributed by atoms with Gasteiger partial charge in [-0.05, 0) is 44.4 Å². The number of nitrogens with two attached hydrogens (primary N) is 1. The molecule has 0 aromatic heterocycles. The topological polar surface area (TPSA) is 49.8 Å². The zero-order valence-corrected chi connectivity index (χ0v) is 7.63. The fourth-order valence-corrected chi connectivity index (χ4v) is 1.95. The quantitative estimate of drug-likeness (QED) is 0.653. The van der Waals surface area contributed by atoms with Crippen molar-refractivity contribution in [2.24, 2.45) is 11.7 Å². The SMILES string of the molecule is N#CCCCC1CCC(N)CC1. The Morgan fingerprint density at radius 2 is 1.92 bits per heavy atom. The summed E-state index contributed by atoms with van der Waals surface area (Å²) in [6.07, 6.45) is 7.99. The third kappa shape index (κ3) is 3.23. The van der Waals surface area contributed by atoms with Gasteiger partial charge in [0.2, 0.25) is 0 Å². The van der Waals surface area contributed by atoms with Crippen LogP contribution in [0.25, 0.3) is 0 Å². The van der Waals surface area contributed by atoms with Gasteiger partial charge < -0.3 is 5.73 Å². The lowest BCUT2D eigenvalue weighted by atomic mass is 9.83. The summed E-state index contributed by atoms with van der Waals surface area (Å²) in [4.78, 5) is 0. The van der Waals surface area contributed by atoms with Crippen molar-refractivity contribution in [3.05, 3.63) is 0 Å². The number of unbranched alkanes of at least 4 members (excludes halogenated alkanes) is 1. The Labute approximate surface area is 74.8 Å². The molecule has 2 N–H and O–H groups in total. The highest BCUT2D eigenvalue weighted by molar-refractivity contribution is 4.76. The molecule has 0 spiro atoms. The lowest BCUT2D eigenvalue weighted by Gasteiger charge is -2.25. The Balaban J connectivity index is 2.06. The zero-order valence-electron chi connectivity index (χ0n) is 7.63. The third-order valence-electron chi connectivity index (χ3n) is 2.79. The monoisotopic (exact) mass is 166 g/mol. The number of hydrogen-bond donors (Lipinski definition) is 1. The van der Waals surface area contributed by atoms with Gasteiger partial charge in [0.1, 0.15) is 0 Å². The van der Waals surface area contributed by atoms with Crippen molar-refractivity contribution >= 4 is 0 Å². The molecule has 0 atom stereocenters. The van der Waals surface area contributed by atoms with E-state index >= 15 is 0 Å². The molecule has 1 rings (SSSR count). The molecule has 2 nitrogen and oxygen atoms in total. The molecule has 0 amide bonds. The lowest BCUT2D eigenvalue weighted by Crippen LogP contribution is -2.26.